The molecule has 2 fully saturated rings. The van der Waals surface area contributed by atoms with Gasteiger partial charge in [-0.3, -0.25) is 9.79 Å². The molecule has 0 radical (unpaired) electrons. The van der Waals surface area contributed by atoms with Crippen molar-refractivity contribution < 1.29 is 19.4 Å². The van der Waals surface area contributed by atoms with Crippen LogP contribution >= 0.6 is 0 Å². The number of aliphatic imine (C=N–C) groups is 1. The second-order valence-corrected chi connectivity index (χ2v) is 10.5. The highest BCUT2D eigenvalue weighted by Crippen LogP contribution is 2.46. The number of cyclic esters (lactones) is 1. The predicted molar refractivity (Wildman–Crippen MR) is 132 cm³/mol. The van der Waals surface area contributed by atoms with Crippen LogP contribution in [0.5, 0.6) is 0 Å². The molecule has 3 aliphatic rings. The van der Waals surface area contributed by atoms with E-state index in [-0.39, 0.29) is 25.0 Å². The summed E-state index contributed by atoms with van der Waals surface area (Å²) < 4.78 is 6.59. The van der Waals surface area contributed by atoms with Crippen molar-refractivity contribution in [3.8, 4) is 5.82 Å². The van der Waals surface area contributed by atoms with Gasteiger partial charge in [0.2, 0.25) is 5.91 Å². The minimum Gasteiger partial charge on any atom is -0.456 e. The highest BCUT2D eigenvalue weighted by atomic mass is 16.5. The van der Waals surface area contributed by atoms with Gasteiger partial charge in [-0.1, -0.05) is 6.92 Å². The average Bonchev–Trinajstić information content (AvgIpc) is 3.56. The normalized spacial score (nSPS) is 26.4. The first-order valence-electron chi connectivity index (χ1n) is 12.7. The average molecular weight is 509 g/mol. The van der Waals surface area contributed by atoms with Crippen LogP contribution in [0.15, 0.2) is 22.6 Å². The van der Waals surface area contributed by atoms with Crippen molar-refractivity contribution in [1.82, 2.24) is 35.3 Å². The van der Waals surface area contributed by atoms with Crippen molar-refractivity contribution in [1.29, 1.82) is 0 Å². The van der Waals surface area contributed by atoms with Crippen LogP contribution in [0.2, 0.25) is 0 Å². The van der Waals surface area contributed by atoms with Crippen LogP contribution in [-0.4, -0.2) is 77.7 Å². The molecular formula is C25H32N8O4. The monoisotopic (exact) mass is 508 g/mol. The molecule has 196 valence electrons. The lowest BCUT2D eigenvalue weighted by atomic mass is 9.76. The fourth-order valence-electron chi connectivity index (χ4n) is 5.75. The number of nitrogens with zero attached hydrogens (tertiary/aromatic N) is 8. The number of carbonyl (C=O) groups is 2. The molecule has 1 saturated heterocycles. The Kier molecular flexibility index (Phi) is 6.61. The smallest absolute Gasteiger partial charge is 0.336 e. The molecule has 0 bridgehead atoms. The first kappa shape index (κ1) is 25.1. The zero-order valence-corrected chi connectivity index (χ0v) is 21.6. The Morgan fingerprint density at radius 2 is 2.05 bits per heavy atom. The van der Waals surface area contributed by atoms with Gasteiger partial charge in [0.1, 0.15) is 19.0 Å². The van der Waals surface area contributed by atoms with E-state index < -0.39 is 11.5 Å². The fourth-order valence-corrected chi connectivity index (χ4v) is 5.75. The molecule has 2 aliphatic heterocycles. The summed E-state index contributed by atoms with van der Waals surface area (Å²) in [6, 6.07) is 0. The van der Waals surface area contributed by atoms with E-state index in [4.69, 9.17) is 9.73 Å². The van der Waals surface area contributed by atoms with Crippen molar-refractivity contribution in [2.45, 2.75) is 65.9 Å². The molecule has 1 aliphatic carbocycles. The molecule has 1 saturated carbocycles. The molecule has 1 spiro atoms. The van der Waals surface area contributed by atoms with Crippen LogP contribution in [0.1, 0.15) is 68.9 Å². The van der Waals surface area contributed by atoms with Gasteiger partial charge in [0.25, 0.3) is 0 Å². The second-order valence-electron chi connectivity index (χ2n) is 10.5. The zero-order valence-electron chi connectivity index (χ0n) is 21.6. The van der Waals surface area contributed by atoms with Gasteiger partial charge in [-0.25, -0.2) is 4.79 Å². The van der Waals surface area contributed by atoms with E-state index in [2.05, 4.69) is 32.6 Å². The van der Waals surface area contributed by atoms with Crippen molar-refractivity contribution in [3.05, 3.63) is 34.4 Å². The van der Waals surface area contributed by atoms with Crippen LogP contribution in [0.25, 0.3) is 5.82 Å². The maximum atomic E-state index is 13.7. The summed E-state index contributed by atoms with van der Waals surface area (Å²) in [5.74, 6) is 0.577. The molecule has 3 atom stereocenters. The zero-order chi connectivity index (χ0) is 26.3. The highest BCUT2D eigenvalue weighted by Gasteiger charge is 2.50. The largest absolute Gasteiger partial charge is 0.456 e. The molecule has 12 heteroatoms. The molecule has 2 unspecified atom stereocenters. The van der Waals surface area contributed by atoms with E-state index >= 15 is 0 Å². The standard InChI is InChI=1S/C25H32N8O4/c1-14-5-6-18(10-25(9-14)7-8-32(24(25)36)19-12-37-23(35)17(19)4)26-11-20(34)21-15(2)16(3)22(29-28-21)33-13-27-30-31-33/h13-14,20,34H,5-12H2,1-4H3/t14?,20-,25?/m0/s1. The summed E-state index contributed by atoms with van der Waals surface area (Å²) in [7, 11) is 0. The number of hydrogen-bond acceptors (Lipinski definition) is 10. The molecule has 4 heterocycles. The van der Waals surface area contributed by atoms with Gasteiger partial charge >= 0.3 is 5.97 Å². The van der Waals surface area contributed by atoms with Crippen LogP contribution < -0.4 is 0 Å². The first-order chi connectivity index (χ1) is 17.7. The van der Waals surface area contributed by atoms with Gasteiger partial charge in [0.05, 0.1) is 28.9 Å². The van der Waals surface area contributed by atoms with Crippen molar-refractivity contribution in [2.75, 3.05) is 19.7 Å². The maximum absolute atomic E-state index is 13.7. The first-order valence-corrected chi connectivity index (χ1v) is 12.7. The lowest BCUT2D eigenvalue weighted by Crippen LogP contribution is -2.36. The number of aromatic nitrogens is 6. The number of likely N-dealkylation sites (tertiary alicyclic amines) is 1. The molecule has 1 N–H and O–H groups in total. The van der Waals surface area contributed by atoms with Crippen molar-refractivity contribution >= 4 is 17.6 Å². The van der Waals surface area contributed by atoms with E-state index in [1.807, 2.05) is 13.8 Å². The Balaban J connectivity index is 1.34. The quantitative estimate of drug-likeness (QED) is 0.597. The lowest BCUT2D eigenvalue weighted by molar-refractivity contribution is -0.137. The Labute approximate surface area is 214 Å². The van der Waals surface area contributed by atoms with Gasteiger partial charge in [0.15, 0.2) is 5.82 Å². The molecule has 1 amide bonds. The molecule has 2 aromatic heterocycles. The molecule has 37 heavy (non-hydrogen) atoms. The Hall–Kier alpha value is -3.54. The maximum Gasteiger partial charge on any atom is 0.336 e. The van der Waals surface area contributed by atoms with Crippen LogP contribution in [0.4, 0.5) is 0 Å². The minimum atomic E-state index is -0.927. The van der Waals surface area contributed by atoms with Gasteiger partial charge in [-0.2, -0.15) is 9.78 Å². The third kappa shape index (κ3) is 4.54. The molecule has 0 aromatic carbocycles. The van der Waals surface area contributed by atoms with E-state index in [1.165, 1.54) is 11.0 Å². The van der Waals surface area contributed by atoms with E-state index in [0.29, 0.717) is 48.1 Å². The van der Waals surface area contributed by atoms with Gasteiger partial charge in [0, 0.05) is 17.8 Å². The number of rotatable bonds is 5. The summed E-state index contributed by atoms with van der Waals surface area (Å²) in [5.41, 5.74) is 3.69. The third-order valence-electron chi connectivity index (χ3n) is 8.03. The van der Waals surface area contributed by atoms with Crippen molar-refractivity contribution in [3.63, 3.8) is 0 Å². The summed E-state index contributed by atoms with van der Waals surface area (Å²) >= 11 is 0. The number of carbonyl (C=O) groups excluding carboxylic acids is 2. The number of tetrazole rings is 1. The van der Waals surface area contributed by atoms with Gasteiger partial charge < -0.3 is 14.7 Å². The summed E-state index contributed by atoms with van der Waals surface area (Å²) in [4.78, 5) is 32.2. The summed E-state index contributed by atoms with van der Waals surface area (Å²) in [5, 5.41) is 30.6. The predicted octanol–water partition coefficient (Wildman–Crippen LogP) is 1.80. The number of amides is 1. The molecular weight excluding hydrogens is 476 g/mol. The third-order valence-corrected chi connectivity index (χ3v) is 8.03. The number of hydrogen-bond donors (Lipinski definition) is 1. The topological polar surface area (TPSA) is 149 Å². The Morgan fingerprint density at radius 1 is 1.24 bits per heavy atom. The Morgan fingerprint density at radius 3 is 2.76 bits per heavy atom. The van der Waals surface area contributed by atoms with E-state index in [0.717, 1.165) is 36.1 Å². The van der Waals surface area contributed by atoms with Crippen LogP contribution in [0.3, 0.4) is 0 Å². The van der Waals surface area contributed by atoms with Crippen LogP contribution in [-0.2, 0) is 14.3 Å². The number of ether oxygens (including phenoxy) is 1. The molecule has 2 aromatic rings. The highest BCUT2D eigenvalue weighted by molar-refractivity contribution is 5.97. The summed E-state index contributed by atoms with van der Waals surface area (Å²) in [6.07, 6.45) is 4.30. The fraction of sp³-hybridized carbons (Fsp3) is 0.600. The number of esters is 1. The van der Waals surface area contributed by atoms with E-state index in [9.17, 15) is 14.7 Å². The lowest BCUT2D eigenvalue weighted by Gasteiger charge is -2.28. The molecule has 5 rings (SSSR count). The number of aliphatic hydroxyl groups is 1. The summed E-state index contributed by atoms with van der Waals surface area (Å²) in [6.45, 7) is 8.53. The number of aliphatic hydroxyl groups excluding tert-OH is 1. The minimum absolute atomic E-state index is 0.0534. The van der Waals surface area contributed by atoms with Gasteiger partial charge in [-0.15, -0.1) is 10.2 Å². The van der Waals surface area contributed by atoms with Gasteiger partial charge in [-0.05, 0) is 74.8 Å². The van der Waals surface area contributed by atoms with Crippen LogP contribution in [0, 0.1) is 25.2 Å². The molecule has 12 nitrogen and oxygen atoms in total. The van der Waals surface area contributed by atoms with E-state index in [1.54, 1.807) is 11.8 Å². The van der Waals surface area contributed by atoms with Crippen molar-refractivity contribution in [2.24, 2.45) is 16.3 Å². The SMILES string of the molecule is CC1=C(N2CCC3(CC(=NC[C@H](O)c4nnc(-n5cnnn5)c(C)c4C)CCC(C)C3)C2=O)COC1=O. The Bertz CT molecular complexity index is 1290. The second kappa shape index (κ2) is 9.73.